The second-order valence-corrected chi connectivity index (χ2v) is 15.6. The SMILES string of the molecule is c1ccc(-c2ccc(-c3nc(-c4cccc5c4nc(-c4ccccc4)c4ccc6sc7ccccc7c6c45)nc(-c4cccc5oc6ccccc6c45)n3)cc2)cc1. The van der Waals surface area contributed by atoms with E-state index in [1.165, 1.54) is 25.6 Å². The van der Waals surface area contributed by atoms with Crippen LogP contribution < -0.4 is 0 Å². The molecule has 0 fully saturated rings. The monoisotopic (exact) mass is 758 g/mol. The molecule has 0 saturated carbocycles. The molecule has 0 aliphatic rings. The van der Waals surface area contributed by atoms with Crippen molar-refractivity contribution in [2.75, 3.05) is 0 Å². The molecule has 0 N–H and O–H groups in total. The van der Waals surface area contributed by atoms with Crippen molar-refractivity contribution in [2.45, 2.75) is 0 Å². The van der Waals surface area contributed by atoms with Crippen molar-refractivity contribution in [1.29, 1.82) is 0 Å². The first-order chi connectivity index (χ1) is 28.7. The Kier molecular flexibility index (Phi) is 7.33. The molecule has 4 heterocycles. The molecule has 0 aliphatic carbocycles. The predicted molar refractivity (Wildman–Crippen MR) is 240 cm³/mol. The molecule has 0 amide bonds. The number of fused-ring (bicyclic) bond motifs is 10. The zero-order valence-corrected chi connectivity index (χ0v) is 31.7. The summed E-state index contributed by atoms with van der Waals surface area (Å²) in [5.74, 6) is 1.70. The van der Waals surface area contributed by atoms with Gasteiger partial charge in [0.1, 0.15) is 11.2 Å². The number of furan rings is 1. The third-order valence-corrected chi connectivity index (χ3v) is 12.3. The summed E-state index contributed by atoms with van der Waals surface area (Å²) in [6.07, 6.45) is 0. The van der Waals surface area contributed by atoms with Gasteiger partial charge in [-0.1, -0.05) is 152 Å². The summed E-state index contributed by atoms with van der Waals surface area (Å²) >= 11 is 1.83. The zero-order valence-electron chi connectivity index (χ0n) is 30.9. The summed E-state index contributed by atoms with van der Waals surface area (Å²) < 4.78 is 8.84. The molecule has 0 bridgehead atoms. The molecule has 8 aromatic carbocycles. The number of hydrogen-bond acceptors (Lipinski definition) is 6. The van der Waals surface area contributed by atoms with Crippen molar-refractivity contribution in [3.05, 3.63) is 182 Å². The largest absolute Gasteiger partial charge is 0.456 e. The quantitative estimate of drug-likeness (QED) is 0.164. The molecule has 12 aromatic rings. The lowest BCUT2D eigenvalue weighted by Crippen LogP contribution is -2.02. The third-order valence-electron chi connectivity index (χ3n) is 11.1. The third kappa shape index (κ3) is 5.16. The standard InChI is InChI=1S/C52H30N4OS/c1-3-13-31(14-4-1)32-25-27-34(28-26-32)50-54-51(39-20-12-23-42-45(39)35-17-7-9-22-41(35)57-42)56-52(55-50)40-21-11-19-37-46-38(48(53-49(37)40)33-15-5-2-6-16-33)29-30-44-47(46)36-18-8-10-24-43(36)58-44/h1-30H. The Hall–Kier alpha value is -7.54. The minimum absolute atomic E-state index is 0.552. The number of pyridine rings is 1. The van der Waals surface area contributed by atoms with Gasteiger partial charge in [-0.2, -0.15) is 0 Å². The Labute approximate surface area is 336 Å². The summed E-state index contributed by atoms with van der Waals surface area (Å²) in [6, 6.07) is 63.1. The van der Waals surface area contributed by atoms with Crippen molar-refractivity contribution in [1.82, 2.24) is 19.9 Å². The van der Waals surface area contributed by atoms with Gasteiger partial charge in [-0.25, -0.2) is 19.9 Å². The van der Waals surface area contributed by atoms with Crippen LogP contribution in [0.4, 0.5) is 0 Å². The number of aromatic nitrogens is 4. The highest BCUT2D eigenvalue weighted by molar-refractivity contribution is 7.26. The molecule has 270 valence electrons. The fraction of sp³-hybridized carbons (Fsp3) is 0. The van der Waals surface area contributed by atoms with Crippen LogP contribution in [0.15, 0.2) is 186 Å². The van der Waals surface area contributed by atoms with Crippen LogP contribution in [0, 0.1) is 0 Å². The molecule has 12 rings (SSSR count). The van der Waals surface area contributed by atoms with E-state index in [1.807, 2.05) is 53.8 Å². The minimum Gasteiger partial charge on any atom is -0.456 e. The molecular weight excluding hydrogens is 729 g/mol. The van der Waals surface area contributed by atoms with Crippen molar-refractivity contribution < 1.29 is 4.42 Å². The molecule has 0 spiro atoms. The highest BCUT2D eigenvalue weighted by Gasteiger charge is 2.22. The maximum Gasteiger partial charge on any atom is 0.166 e. The molecule has 4 aromatic heterocycles. The van der Waals surface area contributed by atoms with Crippen molar-refractivity contribution in [2.24, 2.45) is 0 Å². The van der Waals surface area contributed by atoms with Crippen LogP contribution in [-0.4, -0.2) is 19.9 Å². The first-order valence-corrected chi connectivity index (χ1v) is 20.1. The number of nitrogens with zero attached hydrogens (tertiary/aromatic N) is 4. The van der Waals surface area contributed by atoms with Gasteiger partial charge in [-0.3, -0.25) is 0 Å². The van der Waals surface area contributed by atoms with Gasteiger partial charge in [-0.05, 0) is 41.5 Å². The first-order valence-electron chi connectivity index (χ1n) is 19.3. The molecule has 0 unspecified atom stereocenters. The van der Waals surface area contributed by atoms with Crippen LogP contribution >= 0.6 is 11.3 Å². The average Bonchev–Trinajstić information content (AvgIpc) is 3.88. The number of thiophene rings is 1. The van der Waals surface area contributed by atoms with Gasteiger partial charge in [0.05, 0.1) is 11.2 Å². The van der Waals surface area contributed by atoms with E-state index >= 15 is 0 Å². The van der Waals surface area contributed by atoms with Gasteiger partial charge >= 0.3 is 0 Å². The van der Waals surface area contributed by atoms with E-state index in [0.717, 1.165) is 77.3 Å². The highest BCUT2D eigenvalue weighted by atomic mass is 32.1. The normalized spacial score (nSPS) is 11.8. The van der Waals surface area contributed by atoms with Crippen LogP contribution in [0.1, 0.15) is 0 Å². The average molecular weight is 759 g/mol. The Morgan fingerprint density at radius 3 is 1.76 bits per heavy atom. The molecule has 58 heavy (non-hydrogen) atoms. The predicted octanol–water partition coefficient (Wildman–Crippen LogP) is 14.2. The maximum absolute atomic E-state index is 6.33. The number of para-hydroxylation sites is 2. The van der Waals surface area contributed by atoms with Crippen molar-refractivity contribution >= 4 is 75.1 Å². The van der Waals surface area contributed by atoms with Crippen LogP contribution in [0.25, 0.3) is 120 Å². The van der Waals surface area contributed by atoms with Crippen LogP contribution in [0.3, 0.4) is 0 Å². The summed E-state index contributed by atoms with van der Waals surface area (Å²) in [4.78, 5) is 21.4. The summed E-state index contributed by atoms with van der Waals surface area (Å²) in [5.41, 5.74) is 9.31. The smallest absolute Gasteiger partial charge is 0.166 e. The van der Waals surface area contributed by atoms with Crippen LogP contribution in [-0.2, 0) is 0 Å². The number of benzene rings is 8. The van der Waals surface area contributed by atoms with Gasteiger partial charge in [0, 0.05) is 69.4 Å². The van der Waals surface area contributed by atoms with Gasteiger partial charge in [0.2, 0.25) is 0 Å². The number of rotatable bonds is 5. The number of hydrogen-bond donors (Lipinski definition) is 0. The van der Waals surface area contributed by atoms with E-state index in [0.29, 0.717) is 17.5 Å². The second-order valence-electron chi connectivity index (χ2n) is 14.5. The van der Waals surface area contributed by atoms with Crippen molar-refractivity contribution in [3.8, 4) is 56.5 Å². The van der Waals surface area contributed by atoms with E-state index in [2.05, 4.69) is 140 Å². The Bertz CT molecular complexity index is 3560. The van der Waals surface area contributed by atoms with Crippen molar-refractivity contribution in [3.63, 3.8) is 0 Å². The van der Waals surface area contributed by atoms with E-state index in [4.69, 9.17) is 24.4 Å². The molecule has 6 heteroatoms. The maximum atomic E-state index is 6.33. The fourth-order valence-corrected chi connectivity index (χ4v) is 9.59. The van der Waals surface area contributed by atoms with Gasteiger partial charge < -0.3 is 4.42 Å². The Morgan fingerprint density at radius 1 is 0.328 bits per heavy atom. The van der Waals surface area contributed by atoms with Gasteiger partial charge in [-0.15, -0.1) is 11.3 Å². The highest BCUT2D eigenvalue weighted by Crippen LogP contribution is 2.45. The second kappa shape index (κ2) is 13.0. The molecule has 0 aliphatic heterocycles. The van der Waals surface area contributed by atoms with Gasteiger partial charge in [0.25, 0.3) is 0 Å². The Balaban J connectivity index is 1.16. The Morgan fingerprint density at radius 2 is 0.931 bits per heavy atom. The summed E-state index contributed by atoms with van der Waals surface area (Å²) in [7, 11) is 0. The molecular formula is C52H30N4OS. The van der Waals surface area contributed by atoms with E-state index in [9.17, 15) is 0 Å². The fourth-order valence-electron chi connectivity index (χ4n) is 8.48. The topological polar surface area (TPSA) is 64.7 Å². The first kappa shape index (κ1) is 32.7. The van der Waals surface area contributed by atoms with E-state index in [-0.39, 0.29) is 0 Å². The molecule has 0 saturated heterocycles. The lowest BCUT2D eigenvalue weighted by Gasteiger charge is -2.15. The minimum atomic E-state index is 0.552. The molecule has 5 nitrogen and oxygen atoms in total. The molecule has 0 atom stereocenters. The van der Waals surface area contributed by atoms with E-state index in [1.54, 1.807) is 0 Å². The lowest BCUT2D eigenvalue weighted by atomic mass is 9.95. The summed E-state index contributed by atoms with van der Waals surface area (Å²) in [5, 5.41) is 7.83. The van der Waals surface area contributed by atoms with Gasteiger partial charge in [0.15, 0.2) is 17.5 Å². The zero-order chi connectivity index (χ0) is 38.2. The van der Waals surface area contributed by atoms with Crippen LogP contribution in [0.5, 0.6) is 0 Å². The molecule has 0 radical (unpaired) electrons. The van der Waals surface area contributed by atoms with Crippen LogP contribution in [0.2, 0.25) is 0 Å². The lowest BCUT2D eigenvalue weighted by molar-refractivity contribution is 0.669. The summed E-state index contributed by atoms with van der Waals surface area (Å²) in [6.45, 7) is 0. The van der Waals surface area contributed by atoms with E-state index < -0.39 is 0 Å².